The van der Waals surface area contributed by atoms with Gasteiger partial charge in [-0.25, -0.2) is 4.98 Å². The summed E-state index contributed by atoms with van der Waals surface area (Å²) in [6.07, 6.45) is 3.78. The number of aromatic hydroxyl groups is 1. The van der Waals surface area contributed by atoms with E-state index in [1.54, 1.807) is 6.33 Å². The zero-order chi connectivity index (χ0) is 12.0. The van der Waals surface area contributed by atoms with Gasteiger partial charge in [-0.1, -0.05) is 0 Å². The molecule has 2 heterocycles. The van der Waals surface area contributed by atoms with Gasteiger partial charge in [-0.3, -0.25) is 0 Å². The average Bonchev–Trinajstić information content (AvgIpc) is 2.95. The Hall–Kier alpha value is -1.89. The Morgan fingerprint density at radius 1 is 1.53 bits per heavy atom. The highest BCUT2D eigenvalue weighted by atomic mass is 16.3. The van der Waals surface area contributed by atoms with Gasteiger partial charge in [0, 0.05) is 19.1 Å². The van der Waals surface area contributed by atoms with Crippen LogP contribution >= 0.6 is 0 Å². The fourth-order valence-electron chi connectivity index (χ4n) is 1.93. The van der Waals surface area contributed by atoms with Crippen LogP contribution < -0.4 is 11.1 Å². The van der Waals surface area contributed by atoms with Crippen LogP contribution in [0.4, 0.5) is 5.95 Å². The van der Waals surface area contributed by atoms with Gasteiger partial charge in [0.2, 0.25) is 11.8 Å². The van der Waals surface area contributed by atoms with E-state index < -0.39 is 0 Å². The lowest BCUT2D eigenvalue weighted by atomic mass is 10.3. The van der Waals surface area contributed by atoms with E-state index in [0.717, 1.165) is 12.8 Å². The topological polar surface area (TPSA) is 102 Å². The number of fused-ring (bicyclic) bond motifs is 1. The van der Waals surface area contributed by atoms with Crippen molar-refractivity contribution in [3.63, 3.8) is 0 Å². The average molecular weight is 233 g/mol. The van der Waals surface area contributed by atoms with Crippen molar-refractivity contribution in [1.29, 1.82) is 0 Å². The number of anilines is 1. The summed E-state index contributed by atoms with van der Waals surface area (Å²) in [6, 6.07) is 0. The molecular weight excluding hydrogens is 220 g/mol. The summed E-state index contributed by atoms with van der Waals surface area (Å²) in [5, 5.41) is 12.7. The molecule has 0 aliphatic heterocycles. The highest BCUT2D eigenvalue weighted by Crippen LogP contribution is 2.37. The molecule has 1 radical (unpaired) electrons. The fraction of sp³-hybridized carbons (Fsp3) is 0.400. The fourth-order valence-corrected chi connectivity index (χ4v) is 1.93. The SMILES string of the molecule is [CH2]NC1(Cn2cnc3c(O)nc(N)nc32)CC1. The van der Waals surface area contributed by atoms with Crippen LogP contribution in [0, 0.1) is 7.05 Å². The van der Waals surface area contributed by atoms with Gasteiger partial charge in [-0.15, -0.1) is 0 Å². The van der Waals surface area contributed by atoms with Crippen LogP contribution in [0.5, 0.6) is 5.88 Å². The highest BCUT2D eigenvalue weighted by Gasteiger charge is 2.41. The lowest BCUT2D eigenvalue weighted by Crippen LogP contribution is -2.30. The molecule has 0 bridgehead atoms. The molecule has 4 N–H and O–H groups in total. The second-order valence-corrected chi connectivity index (χ2v) is 4.41. The minimum absolute atomic E-state index is 0.0307. The number of hydrogen-bond donors (Lipinski definition) is 3. The predicted molar refractivity (Wildman–Crippen MR) is 61.9 cm³/mol. The summed E-state index contributed by atoms with van der Waals surface area (Å²) in [7, 11) is 3.73. The van der Waals surface area contributed by atoms with Gasteiger partial charge >= 0.3 is 0 Å². The van der Waals surface area contributed by atoms with Crippen molar-refractivity contribution in [1.82, 2.24) is 24.8 Å². The van der Waals surface area contributed by atoms with Crippen molar-refractivity contribution in [2.45, 2.75) is 24.9 Å². The zero-order valence-corrected chi connectivity index (χ0v) is 9.22. The minimum atomic E-state index is -0.182. The zero-order valence-electron chi connectivity index (χ0n) is 9.22. The summed E-state index contributed by atoms with van der Waals surface area (Å²) < 4.78 is 1.86. The molecule has 0 spiro atoms. The van der Waals surface area contributed by atoms with Gasteiger partial charge in [-0.05, 0) is 12.8 Å². The Labute approximate surface area is 97.7 Å². The molecule has 0 atom stereocenters. The van der Waals surface area contributed by atoms with Crippen LogP contribution in [0.2, 0.25) is 0 Å². The van der Waals surface area contributed by atoms with E-state index in [0.29, 0.717) is 17.7 Å². The second-order valence-electron chi connectivity index (χ2n) is 4.41. The minimum Gasteiger partial charge on any atom is -0.492 e. The van der Waals surface area contributed by atoms with E-state index in [9.17, 15) is 5.11 Å². The third-order valence-electron chi connectivity index (χ3n) is 3.16. The second kappa shape index (κ2) is 3.30. The van der Waals surface area contributed by atoms with Crippen molar-refractivity contribution < 1.29 is 5.11 Å². The summed E-state index contributed by atoms with van der Waals surface area (Å²) >= 11 is 0. The number of nitrogens with zero attached hydrogens (tertiary/aromatic N) is 4. The first-order valence-corrected chi connectivity index (χ1v) is 5.35. The van der Waals surface area contributed by atoms with E-state index >= 15 is 0 Å². The van der Waals surface area contributed by atoms with Gasteiger partial charge in [0.25, 0.3) is 0 Å². The molecule has 2 aromatic heterocycles. The lowest BCUT2D eigenvalue weighted by molar-refractivity contribution is 0.458. The largest absolute Gasteiger partial charge is 0.492 e. The highest BCUT2D eigenvalue weighted by molar-refractivity contribution is 5.77. The van der Waals surface area contributed by atoms with Crippen molar-refractivity contribution >= 4 is 17.1 Å². The molecule has 3 rings (SSSR count). The number of nitrogens with two attached hydrogens (primary N) is 1. The molecule has 7 nitrogen and oxygen atoms in total. The standard InChI is InChI=1S/C10H13N6O/c1-12-10(2-3-10)4-16-5-13-6-7(16)14-9(11)15-8(6)17/h5,12H,1-4H2,(H3,11,14,15,17). The summed E-state index contributed by atoms with van der Waals surface area (Å²) in [5.74, 6) is -0.136. The number of nitrogens with one attached hydrogen (secondary N) is 1. The first-order valence-electron chi connectivity index (χ1n) is 5.35. The van der Waals surface area contributed by atoms with Gasteiger partial charge in [0.15, 0.2) is 11.2 Å². The van der Waals surface area contributed by atoms with E-state index in [4.69, 9.17) is 5.73 Å². The molecule has 1 saturated carbocycles. The Bertz CT molecular complexity index is 573. The summed E-state index contributed by atoms with van der Waals surface area (Å²) in [4.78, 5) is 11.9. The lowest BCUT2D eigenvalue weighted by Gasteiger charge is -2.14. The molecule has 2 aromatic rings. The van der Waals surface area contributed by atoms with Crippen molar-refractivity contribution in [3.05, 3.63) is 13.4 Å². The number of hydrogen-bond acceptors (Lipinski definition) is 6. The number of nitrogen functional groups attached to an aromatic ring is 1. The smallest absolute Gasteiger partial charge is 0.244 e. The van der Waals surface area contributed by atoms with E-state index in [1.807, 2.05) is 4.57 Å². The van der Waals surface area contributed by atoms with Gasteiger partial charge in [0.1, 0.15) is 0 Å². The maximum Gasteiger partial charge on any atom is 0.244 e. The van der Waals surface area contributed by atoms with Crippen LogP contribution in [-0.4, -0.2) is 30.2 Å². The third-order valence-corrected chi connectivity index (χ3v) is 3.16. The van der Waals surface area contributed by atoms with Crippen LogP contribution in [0.15, 0.2) is 6.33 Å². The normalized spacial score (nSPS) is 17.5. The number of aromatic nitrogens is 4. The number of rotatable bonds is 3. The van der Waals surface area contributed by atoms with Crippen LogP contribution in [0.25, 0.3) is 11.2 Å². The Morgan fingerprint density at radius 2 is 2.29 bits per heavy atom. The van der Waals surface area contributed by atoms with Crippen molar-refractivity contribution in [2.75, 3.05) is 5.73 Å². The summed E-state index contributed by atoms with van der Waals surface area (Å²) in [5.41, 5.74) is 6.47. The van der Waals surface area contributed by atoms with Crippen molar-refractivity contribution in [2.24, 2.45) is 0 Å². The van der Waals surface area contributed by atoms with E-state index in [2.05, 4.69) is 27.3 Å². The molecule has 0 saturated heterocycles. The van der Waals surface area contributed by atoms with E-state index in [-0.39, 0.29) is 17.4 Å². The first kappa shape index (κ1) is 10.3. The third kappa shape index (κ3) is 1.59. The first-order chi connectivity index (χ1) is 8.13. The van der Waals surface area contributed by atoms with Crippen LogP contribution in [-0.2, 0) is 6.54 Å². The molecule has 17 heavy (non-hydrogen) atoms. The summed E-state index contributed by atoms with van der Waals surface area (Å²) in [6.45, 7) is 0.711. The quantitative estimate of drug-likeness (QED) is 0.691. The van der Waals surface area contributed by atoms with Crippen molar-refractivity contribution in [3.8, 4) is 5.88 Å². The Balaban J connectivity index is 2.05. The Morgan fingerprint density at radius 3 is 2.94 bits per heavy atom. The maximum absolute atomic E-state index is 9.60. The molecule has 89 valence electrons. The maximum atomic E-state index is 9.60. The molecule has 0 unspecified atom stereocenters. The van der Waals surface area contributed by atoms with Gasteiger partial charge in [-0.2, -0.15) is 9.97 Å². The molecule has 7 heteroatoms. The van der Waals surface area contributed by atoms with E-state index in [1.165, 1.54) is 0 Å². The van der Waals surface area contributed by atoms with Crippen LogP contribution in [0.3, 0.4) is 0 Å². The molecular formula is C10H13N6O. The van der Waals surface area contributed by atoms with Gasteiger partial charge < -0.3 is 20.7 Å². The molecule has 1 aliphatic rings. The van der Waals surface area contributed by atoms with Gasteiger partial charge in [0.05, 0.1) is 6.33 Å². The molecule has 1 fully saturated rings. The predicted octanol–water partition coefficient (Wildman–Crippen LogP) is 0.0279. The monoisotopic (exact) mass is 233 g/mol. The van der Waals surface area contributed by atoms with Crippen LogP contribution in [0.1, 0.15) is 12.8 Å². The Kier molecular flexibility index (Phi) is 1.99. The number of imidazole rings is 1. The molecule has 1 aliphatic carbocycles. The molecule has 0 amide bonds. The molecule has 0 aromatic carbocycles.